The number of hydrazine groups is 1. The number of thiocarbonyl (C=S) groups is 1. The van der Waals surface area contributed by atoms with E-state index in [1.807, 2.05) is 0 Å². The van der Waals surface area contributed by atoms with E-state index in [1.165, 1.54) is 6.21 Å². The molecule has 0 bridgehead atoms. The Morgan fingerprint density at radius 1 is 1.43 bits per heavy atom. The maximum Gasteiger partial charge on any atom is 0.243 e. The van der Waals surface area contributed by atoms with Gasteiger partial charge in [0.15, 0.2) is 5.11 Å². The van der Waals surface area contributed by atoms with Crippen LogP contribution in [0.1, 0.15) is 12.0 Å². The van der Waals surface area contributed by atoms with Crippen molar-refractivity contribution in [3.63, 3.8) is 0 Å². The first kappa shape index (κ1) is 17.5. The van der Waals surface area contributed by atoms with Gasteiger partial charge in [0.1, 0.15) is 6.61 Å². The first-order valence-electron chi connectivity index (χ1n) is 5.87. The highest BCUT2D eigenvalue weighted by Crippen LogP contribution is 2.21. The van der Waals surface area contributed by atoms with Crippen molar-refractivity contribution in [1.82, 2.24) is 16.2 Å². The number of rotatable bonds is 5. The lowest BCUT2D eigenvalue weighted by molar-refractivity contribution is -0.120. The van der Waals surface area contributed by atoms with Crippen LogP contribution in [0.4, 0.5) is 0 Å². The van der Waals surface area contributed by atoms with Gasteiger partial charge in [0.05, 0.1) is 12.6 Å². The van der Waals surface area contributed by atoms with Gasteiger partial charge >= 0.3 is 0 Å². The second-order valence-electron chi connectivity index (χ2n) is 3.75. The summed E-state index contributed by atoms with van der Waals surface area (Å²) in [4.78, 5) is 16.4. The van der Waals surface area contributed by atoms with E-state index in [2.05, 4.69) is 21.3 Å². The summed E-state index contributed by atoms with van der Waals surface area (Å²) in [5.41, 5.74) is 5.64. The van der Waals surface area contributed by atoms with E-state index in [-0.39, 0.29) is 18.9 Å². The molecule has 0 aliphatic rings. The SMILES string of the molecule is CNC(=S)NNC(=O)CC=NOCc1ccc(Cl)cc1Cl. The molecule has 0 radical (unpaired) electrons. The van der Waals surface area contributed by atoms with Gasteiger partial charge in [0, 0.05) is 22.7 Å². The van der Waals surface area contributed by atoms with Gasteiger partial charge in [0.25, 0.3) is 0 Å². The van der Waals surface area contributed by atoms with Crippen molar-refractivity contribution in [3.8, 4) is 0 Å². The van der Waals surface area contributed by atoms with Crippen LogP contribution in [0, 0.1) is 0 Å². The third-order valence-corrected chi connectivity index (χ3v) is 3.10. The number of oxime groups is 1. The van der Waals surface area contributed by atoms with E-state index in [9.17, 15) is 4.79 Å². The van der Waals surface area contributed by atoms with E-state index in [0.29, 0.717) is 15.2 Å². The Morgan fingerprint density at radius 2 is 2.19 bits per heavy atom. The van der Waals surface area contributed by atoms with Gasteiger partial charge in [0.2, 0.25) is 5.91 Å². The minimum absolute atomic E-state index is 0.0493. The van der Waals surface area contributed by atoms with Gasteiger partial charge in [-0.1, -0.05) is 34.4 Å². The zero-order valence-electron chi connectivity index (χ0n) is 11.2. The molecule has 0 saturated heterocycles. The molecule has 1 aromatic carbocycles. The summed E-state index contributed by atoms with van der Waals surface area (Å²) in [5.74, 6) is -0.301. The minimum Gasteiger partial charge on any atom is -0.391 e. The fraction of sp³-hybridized carbons (Fsp3) is 0.250. The van der Waals surface area contributed by atoms with E-state index >= 15 is 0 Å². The molecule has 0 unspecified atom stereocenters. The van der Waals surface area contributed by atoms with Gasteiger partial charge in [-0.2, -0.15) is 0 Å². The molecule has 0 heterocycles. The normalized spacial score (nSPS) is 10.2. The Morgan fingerprint density at radius 3 is 2.86 bits per heavy atom. The molecule has 0 spiro atoms. The number of halogens is 2. The van der Waals surface area contributed by atoms with Gasteiger partial charge in [-0.15, -0.1) is 0 Å². The summed E-state index contributed by atoms with van der Waals surface area (Å²) in [6, 6.07) is 5.07. The smallest absolute Gasteiger partial charge is 0.243 e. The van der Waals surface area contributed by atoms with Gasteiger partial charge in [-0.3, -0.25) is 15.6 Å². The molecule has 1 rings (SSSR count). The van der Waals surface area contributed by atoms with Crippen LogP contribution in [-0.4, -0.2) is 24.3 Å². The van der Waals surface area contributed by atoms with E-state index in [4.69, 9.17) is 40.3 Å². The monoisotopic (exact) mass is 348 g/mol. The van der Waals surface area contributed by atoms with Crippen LogP contribution in [0.3, 0.4) is 0 Å². The second kappa shape index (κ2) is 9.38. The molecule has 0 aromatic heterocycles. The number of carbonyl (C=O) groups is 1. The van der Waals surface area contributed by atoms with Crippen molar-refractivity contribution in [3.05, 3.63) is 33.8 Å². The molecule has 0 aliphatic carbocycles. The van der Waals surface area contributed by atoms with E-state index in [0.717, 1.165) is 5.56 Å². The highest BCUT2D eigenvalue weighted by atomic mass is 35.5. The molecule has 0 atom stereocenters. The molecule has 1 amide bonds. The molecule has 9 heteroatoms. The van der Waals surface area contributed by atoms with Crippen molar-refractivity contribution in [2.45, 2.75) is 13.0 Å². The van der Waals surface area contributed by atoms with Crippen LogP contribution in [-0.2, 0) is 16.2 Å². The predicted molar refractivity (Wildman–Crippen MR) is 87.3 cm³/mol. The number of amides is 1. The first-order valence-corrected chi connectivity index (χ1v) is 7.03. The quantitative estimate of drug-likeness (QED) is 0.431. The lowest BCUT2D eigenvalue weighted by Crippen LogP contribution is -2.45. The molecule has 0 fully saturated rings. The standard InChI is InChI=1S/C12H14Cl2N4O2S/c1-15-12(21)18-17-11(19)4-5-16-20-7-8-2-3-9(13)6-10(8)14/h2-3,5-6H,4,7H2,1H3,(H,17,19)(H2,15,18,21). The Hall–Kier alpha value is -1.57. The zero-order valence-corrected chi connectivity index (χ0v) is 13.5. The lowest BCUT2D eigenvalue weighted by atomic mass is 10.2. The fourth-order valence-electron chi connectivity index (χ4n) is 1.16. The number of nitrogens with one attached hydrogen (secondary N) is 3. The summed E-state index contributed by atoms with van der Waals surface area (Å²) in [6.07, 6.45) is 1.39. The number of carbonyl (C=O) groups excluding carboxylic acids is 1. The fourth-order valence-corrected chi connectivity index (χ4v) is 1.67. The topological polar surface area (TPSA) is 74.8 Å². The third-order valence-electron chi connectivity index (χ3n) is 2.20. The highest BCUT2D eigenvalue weighted by molar-refractivity contribution is 7.80. The summed E-state index contributed by atoms with van der Waals surface area (Å²) >= 11 is 16.5. The summed E-state index contributed by atoms with van der Waals surface area (Å²) in [6.45, 7) is 0.191. The van der Waals surface area contributed by atoms with Crippen LogP contribution >= 0.6 is 35.4 Å². The van der Waals surface area contributed by atoms with Crippen molar-refractivity contribution in [2.24, 2.45) is 5.16 Å². The minimum atomic E-state index is -0.301. The van der Waals surface area contributed by atoms with E-state index in [1.54, 1.807) is 25.2 Å². The zero-order chi connectivity index (χ0) is 15.7. The highest BCUT2D eigenvalue weighted by Gasteiger charge is 2.01. The van der Waals surface area contributed by atoms with Gasteiger partial charge in [-0.25, -0.2) is 0 Å². The first-order chi connectivity index (χ1) is 10.0. The molecule has 114 valence electrons. The molecule has 0 saturated carbocycles. The molecule has 6 nitrogen and oxygen atoms in total. The molecular formula is C12H14Cl2N4O2S. The summed E-state index contributed by atoms with van der Waals surface area (Å²) in [5, 5.41) is 7.68. The average Bonchev–Trinajstić information content (AvgIpc) is 2.46. The molecule has 0 aliphatic heterocycles. The Balaban J connectivity index is 2.26. The average molecular weight is 349 g/mol. The van der Waals surface area contributed by atoms with Crippen LogP contribution in [0.2, 0.25) is 10.0 Å². The maximum atomic E-state index is 11.3. The van der Waals surface area contributed by atoms with Crippen LogP contribution < -0.4 is 16.2 Å². The van der Waals surface area contributed by atoms with E-state index < -0.39 is 0 Å². The summed E-state index contributed by atoms with van der Waals surface area (Å²) in [7, 11) is 1.64. The second-order valence-corrected chi connectivity index (χ2v) is 5.01. The molecule has 1 aromatic rings. The largest absolute Gasteiger partial charge is 0.391 e. The van der Waals surface area contributed by atoms with Crippen molar-refractivity contribution < 1.29 is 9.63 Å². The number of benzene rings is 1. The van der Waals surface area contributed by atoms with Crippen molar-refractivity contribution in [1.29, 1.82) is 0 Å². The summed E-state index contributed by atoms with van der Waals surface area (Å²) < 4.78 is 0. The molecule has 3 N–H and O–H groups in total. The molecule has 21 heavy (non-hydrogen) atoms. The van der Waals surface area contributed by atoms with Crippen LogP contribution in [0.25, 0.3) is 0 Å². The van der Waals surface area contributed by atoms with Crippen LogP contribution in [0.15, 0.2) is 23.4 Å². The van der Waals surface area contributed by atoms with Gasteiger partial charge in [-0.05, 0) is 24.4 Å². The lowest BCUT2D eigenvalue weighted by Gasteiger charge is -2.07. The third kappa shape index (κ3) is 7.12. The number of nitrogens with zero attached hydrogens (tertiary/aromatic N) is 1. The van der Waals surface area contributed by atoms with Crippen molar-refractivity contribution in [2.75, 3.05) is 7.05 Å². The maximum absolute atomic E-state index is 11.3. The Kier molecular flexibility index (Phi) is 7.81. The van der Waals surface area contributed by atoms with Gasteiger partial charge < -0.3 is 10.2 Å². The number of hydrogen-bond donors (Lipinski definition) is 3. The number of hydrogen-bond acceptors (Lipinski definition) is 4. The Bertz CT molecular complexity index is 540. The van der Waals surface area contributed by atoms with Crippen LogP contribution in [0.5, 0.6) is 0 Å². The predicted octanol–water partition coefficient (Wildman–Crippen LogP) is 2.01. The Labute approximate surface area is 137 Å². The molecular weight excluding hydrogens is 335 g/mol. The van der Waals surface area contributed by atoms with Crippen molar-refractivity contribution >= 4 is 52.7 Å².